The molecule has 0 bridgehead atoms. The van der Waals surface area contributed by atoms with Crippen molar-refractivity contribution in [3.8, 4) is 0 Å². The molecule has 1 aliphatic heterocycles. The maximum atomic E-state index is 12.3. The van der Waals surface area contributed by atoms with E-state index in [1.165, 1.54) is 0 Å². The summed E-state index contributed by atoms with van der Waals surface area (Å²) in [6.07, 6.45) is 1.87. The van der Waals surface area contributed by atoms with Gasteiger partial charge in [-0.15, -0.1) is 0 Å². The van der Waals surface area contributed by atoms with Gasteiger partial charge in [0.05, 0.1) is 19.7 Å². The van der Waals surface area contributed by atoms with Crippen LogP contribution >= 0.6 is 11.6 Å². The average Bonchev–Trinajstić information content (AvgIpc) is 2.51. The minimum absolute atomic E-state index is 0.0415. The number of hydroxylamine groups is 2. The number of nitrogens with one attached hydrogen (secondary N) is 1. The number of carbonyl (C=O) groups is 1. The topological polar surface area (TPSA) is 67.6 Å². The highest BCUT2D eigenvalue weighted by Crippen LogP contribution is 2.21. The van der Waals surface area contributed by atoms with Crippen LogP contribution in [0.4, 0.5) is 0 Å². The monoisotopic (exact) mass is 339 g/mol. The molecule has 5 nitrogen and oxygen atoms in total. The van der Waals surface area contributed by atoms with Crippen LogP contribution in [0, 0.1) is 19.8 Å². The standard InChI is InChI=1S/C17H26ClN3O2/c1-11-8-14(18)9-12(2)15(11)10-16(22)20-17(19)13-4-6-21(23-3)7-5-13/h8-9,13,17H,4-7,10,19H2,1-3H3,(H,20,22). The number of hydrogen-bond acceptors (Lipinski definition) is 4. The first kappa shape index (κ1) is 18.2. The predicted octanol–water partition coefficient (Wildman–Crippen LogP) is 2.17. The van der Waals surface area contributed by atoms with Crippen molar-refractivity contribution in [3.63, 3.8) is 0 Å². The van der Waals surface area contributed by atoms with E-state index in [1.54, 1.807) is 7.11 Å². The Balaban J connectivity index is 1.90. The van der Waals surface area contributed by atoms with Crippen LogP contribution < -0.4 is 11.1 Å². The summed E-state index contributed by atoms with van der Waals surface area (Å²) in [5.74, 6) is 0.248. The quantitative estimate of drug-likeness (QED) is 0.807. The Bertz CT molecular complexity index is 534. The Morgan fingerprint density at radius 3 is 2.48 bits per heavy atom. The van der Waals surface area contributed by atoms with Crippen molar-refractivity contribution in [2.45, 2.75) is 39.3 Å². The Labute approximate surface area is 143 Å². The second kappa shape index (κ2) is 8.11. The molecule has 0 saturated carbocycles. The molecule has 6 heteroatoms. The summed E-state index contributed by atoms with van der Waals surface area (Å²) in [4.78, 5) is 17.5. The fraction of sp³-hybridized carbons (Fsp3) is 0.588. The van der Waals surface area contributed by atoms with Crippen molar-refractivity contribution < 1.29 is 9.63 Å². The van der Waals surface area contributed by atoms with Gasteiger partial charge >= 0.3 is 0 Å². The van der Waals surface area contributed by atoms with Crippen LogP contribution in [-0.2, 0) is 16.1 Å². The Morgan fingerprint density at radius 2 is 1.96 bits per heavy atom. The first-order valence-electron chi connectivity index (χ1n) is 8.00. The molecule has 1 aromatic rings. The van der Waals surface area contributed by atoms with Crippen molar-refractivity contribution >= 4 is 17.5 Å². The van der Waals surface area contributed by atoms with Crippen molar-refractivity contribution in [1.82, 2.24) is 10.4 Å². The minimum atomic E-state index is -0.311. The molecular formula is C17H26ClN3O2. The van der Waals surface area contributed by atoms with E-state index in [0.717, 1.165) is 42.6 Å². The van der Waals surface area contributed by atoms with Gasteiger partial charge in [0.15, 0.2) is 0 Å². The van der Waals surface area contributed by atoms with E-state index in [1.807, 2.05) is 31.0 Å². The van der Waals surface area contributed by atoms with Crippen LogP contribution in [0.25, 0.3) is 0 Å². The molecule has 0 spiro atoms. The molecule has 1 unspecified atom stereocenters. The molecule has 1 amide bonds. The van der Waals surface area contributed by atoms with Crippen molar-refractivity contribution in [2.24, 2.45) is 11.7 Å². The number of aryl methyl sites for hydroxylation is 2. The SMILES string of the molecule is CON1CCC(C(N)NC(=O)Cc2c(C)cc(Cl)cc2C)CC1. The lowest BCUT2D eigenvalue weighted by molar-refractivity contribution is -0.150. The third-order valence-electron chi connectivity index (χ3n) is 4.59. The van der Waals surface area contributed by atoms with Gasteiger partial charge in [-0.2, -0.15) is 5.06 Å². The van der Waals surface area contributed by atoms with Gasteiger partial charge in [0.1, 0.15) is 0 Å². The molecule has 1 aromatic carbocycles. The highest BCUT2D eigenvalue weighted by Gasteiger charge is 2.25. The van der Waals surface area contributed by atoms with Gasteiger partial charge in [0.25, 0.3) is 0 Å². The maximum Gasteiger partial charge on any atom is 0.225 e. The minimum Gasteiger partial charge on any atom is -0.340 e. The van der Waals surface area contributed by atoms with Gasteiger partial charge in [0.2, 0.25) is 5.91 Å². The van der Waals surface area contributed by atoms with Gasteiger partial charge in [-0.05, 0) is 61.4 Å². The number of carbonyl (C=O) groups excluding carboxylic acids is 1. The predicted molar refractivity (Wildman–Crippen MR) is 92.1 cm³/mol. The summed E-state index contributed by atoms with van der Waals surface area (Å²) in [6.45, 7) is 5.64. The molecule has 2 rings (SSSR count). The van der Waals surface area contributed by atoms with Gasteiger partial charge in [-0.25, -0.2) is 0 Å². The van der Waals surface area contributed by atoms with E-state index in [-0.39, 0.29) is 18.0 Å². The second-order valence-corrected chi connectivity index (χ2v) is 6.67. The number of benzene rings is 1. The van der Waals surface area contributed by atoms with E-state index in [0.29, 0.717) is 11.4 Å². The molecule has 3 N–H and O–H groups in total. The van der Waals surface area contributed by atoms with Crippen LogP contribution in [0.3, 0.4) is 0 Å². The first-order valence-corrected chi connectivity index (χ1v) is 8.38. The molecule has 1 aliphatic rings. The van der Waals surface area contributed by atoms with E-state index in [9.17, 15) is 4.79 Å². The Morgan fingerprint density at radius 1 is 1.39 bits per heavy atom. The zero-order valence-corrected chi connectivity index (χ0v) is 14.8. The summed E-state index contributed by atoms with van der Waals surface area (Å²) in [6, 6.07) is 3.77. The molecule has 23 heavy (non-hydrogen) atoms. The van der Waals surface area contributed by atoms with Gasteiger partial charge < -0.3 is 15.9 Å². The fourth-order valence-electron chi connectivity index (χ4n) is 3.15. The number of halogens is 1. The number of amides is 1. The number of piperidine rings is 1. The van der Waals surface area contributed by atoms with E-state index >= 15 is 0 Å². The third kappa shape index (κ3) is 4.91. The van der Waals surface area contributed by atoms with Crippen LogP contribution in [0.5, 0.6) is 0 Å². The highest BCUT2D eigenvalue weighted by atomic mass is 35.5. The average molecular weight is 340 g/mol. The Kier molecular flexibility index (Phi) is 6.41. The Hall–Kier alpha value is -1.14. The maximum absolute atomic E-state index is 12.3. The summed E-state index contributed by atoms with van der Waals surface area (Å²) in [7, 11) is 1.68. The lowest BCUT2D eigenvalue weighted by atomic mass is 9.94. The molecule has 1 fully saturated rings. The molecular weight excluding hydrogens is 314 g/mol. The van der Waals surface area contributed by atoms with Crippen LogP contribution in [-0.4, -0.2) is 37.3 Å². The molecule has 0 aliphatic carbocycles. The van der Waals surface area contributed by atoms with E-state index in [2.05, 4.69) is 5.32 Å². The molecule has 1 saturated heterocycles. The van der Waals surface area contributed by atoms with Crippen LogP contribution in [0.2, 0.25) is 5.02 Å². The van der Waals surface area contributed by atoms with Crippen molar-refractivity contribution in [2.75, 3.05) is 20.2 Å². The first-order chi connectivity index (χ1) is 10.9. The number of hydrogen-bond donors (Lipinski definition) is 2. The fourth-order valence-corrected chi connectivity index (χ4v) is 3.48. The van der Waals surface area contributed by atoms with Crippen molar-refractivity contribution in [1.29, 1.82) is 0 Å². The summed E-state index contributed by atoms with van der Waals surface area (Å²) in [5, 5.41) is 5.57. The highest BCUT2D eigenvalue weighted by molar-refractivity contribution is 6.30. The lowest BCUT2D eigenvalue weighted by Gasteiger charge is -2.33. The van der Waals surface area contributed by atoms with Crippen LogP contribution in [0.1, 0.15) is 29.5 Å². The largest absolute Gasteiger partial charge is 0.340 e. The molecule has 1 heterocycles. The lowest BCUT2D eigenvalue weighted by Crippen LogP contribution is -2.50. The van der Waals surface area contributed by atoms with E-state index in [4.69, 9.17) is 22.2 Å². The molecule has 128 valence electrons. The molecule has 0 aromatic heterocycles. The smallest absolute Gasteiger partial charge is 0.225 e. The number of nitrogens with two attached hydrogens (primary N) is 1. The van der Waals surface area contributed by atoms with Gasteiger partial charge in [-0.3, -0.25) is 4.79 Å². The van der Waals surface area contributed by atoms with E-state index < -0.39 is 0 Å². The van der Waals surface area contributed by atoms with Gasteiger partial charge in [0, 0.05) is 18.1 Å². The number of nitrogens with zero attached hydrogens (tertiary/aromatic N) is 1. The van der Waals surface area contributed by atoms with Crippen molar-refractivity contribution in [3.05, 3.63) is 33.8 Å². The second-order valence-electron chi connectivity index (χ2n) is 6.24. The number of rotatable bonds is 5. The molecule has 0 radical (unpaired) electrons. The summed E-state index contributed by atoms with van der Waals surface area (Å²) < 4.78 is 0. The summed E-state index contributed by atoms with van der Waals surface area (Å²) >= 11 is 6.03. The summed E-state index contributed by atoms with van der Waals surface area (Å²) in [5.41, 5.74) is 9.27. The zero-order valence-electron chi connectivity index (χ0n) is 14.1. The normalized spacial score (nSPS) is 18.0. The molecule has 1 atom stereocenters. The van der Waals surface area contributed by atoms with Crippen LogP contribution in [0.15, 0.2) is 12.1 Å². The van der Waals surface area contributed by atoms with Gasteiger partial charge in [-0.1, -0.05) is 11.6 Å². The third-order valence-corrected chi connectivity index (χ3v) is 4.81. The zero-order chi connectivity index (χ0) is 17.0.